The molecule has 2 N–H and O–H groups in total. The van der Waals surface area contributed by atoms with Crippen LogP contribution >= 0.6 is 0 Å². The van der Waals surface area contributed by atoms with Crippen molar-refractivity contribution in [2.75, 3.05) is 0 Å². The van der Waals surface area contributed by atoms with Gasteiger partial charge in [-0.2, -0.15) is 5.26 Å². The molecule has 0 radical (unpaired) electrons. The average molecular weight is 253 g/mol. The van der Waals surface area contributed by atoms with Crippen LogP contribution in [0.3, 0.4) is 0 Å². The fraction of sp³-hybridized carbons (Fsp3) is 0.200. The summed E-state index contributed by atoms with van der Waals surface area (Å²) in [6.07, 6.45) is 3.16. The smallest absolute Gasteiger partial charge is 0.140 e. The van der Waals surface area contributed by atoms with E-state index in [1.165, 1.54) is 0 Å². The molecular formula is C15H15N3O. The number of nitriles is 1. The lowest BCUT2D eigenvalue weighted by atomic mass is 10.1. The molecule has 0 amide bonds. The third kappa shape index (κ3) is 3.30. The van der Waals surface area contributed by atoms with Crippen molar-refractivity contribution in [3.8, 4) is 11.8 Å². The Balaban J connectivity index is 2.25. The molecule has 0 aliphatic heterocycles. The Hall–Kier alpha value is -2.38. The number of aromatic nitrogens is 1. The minimum Gasteiger partial charge on any atom is -0.484 e. The normalized spacial score (nSPS) is 13.3. The van der Waals surface area contributed by atoms with Crippen LogP contribution in [0.4, 0.5) is 0 Å². The molecule has 1 aromatic carbocycles. The number of hydrogen-bond acceptors (Lipinski definition) is 4. The maximum absolute atomic E-state index is 8.88. The molecule has 2 rings (SSSR count). The number of nitrogens with two attached hydrogens (primary N) is 1. The van der Waals surface area contributed by atoms with E-state index in [0.717, 1.165) is 5.56 Å². The van der Waals surface area contributed by atoms with Crippen molar-refractivity contribution in [1.82, 2.24) is 4.98 Å². The highest BCUT2D eigenvalue weighted by molar-refractivity contribution is 5.36. The first-order valence-corrected chi connectivity index (χ1v) is 6.03. The predicted molar refractivity (Wildman–Crippen MR) is 72.4 cm³/mol. The van der Waals surface area contributed by atoms with Crippen molar-refractivity contribution in [2.24, 2.45) is 5.73 Å². The summed E-state index contributed by atoms with van der Waals surface area (Å²) < 4.78 is 5.89. The lowest BCUT2D eigenvalue weighted by Crippen LogP contribution is -2.29. The lowest BCUT2D eigenvalue weighted by molar-refractivity contribution is 0.180. The van der Waals surface area contributed by atoms with Gasteiger partial charge in [0.25, 0.3) is 0 Å². The number of ether oxygens (including phenoxy) is 1. The number of pyridine rings is 1. The van der Waals surface area contributed by atoms with Crippen LogP contribution in [0.1, 0.15) is 24.2 Å². The van der Waals surface area contributed by atoms with E-state index in [4.69, 9.17) is 15.7 Å². The molecule has 4 heteroatoms. The molecule has 0 fully saturated rings. The third-order valence-corrected chi connectivity index (χ3v) is 2.72. The average Bonchev–Trinajstić information content (AvgIpc) is 2.45. The van der Waals surface area contributed by atoms with Gasteiger partial charge in [-0.1, -0.05) is 12.1 Å². The van der Waals surface area contributed by atoms with Gasteiger partial charge in [-0.05, 0) is 31.2 Å². The Morgan fingerprint density at radius 2 is 2.16 bits per heavy atom. The van der Waals surface area contributed by atoms with Gasteiger partial charge < -0.3 is 10.5 Å². The molecule has 0 aliphatic carbocycles. The largest absolute Gasteiger partial charge is 0.484 e. The summed E-state index contributed by atoms with van der Waals surface area (Å²) in [5.41, 5.74) is 7.45. The van der Waals surface area contributed by atoms with E-state index in [9.17, 15) is 0 Å². The van der Waals surface area contributed by atoms with Crippen LogP contribution in [0.2, 0.25) is 0 Å². The van der Waals surface area contributed by atoms with Gasteiger partial charge in [0.05, 0.1) is 11.6 Å². The Bertz CT molecular complexity index is 575. The second-order valence-corrected chi connectivity index (χ2v) is 4.32. The number of rotatable bonds is 4. The first kappa shape index (κ1) is 13.1. The molecule has 0 saturated carbocycles. The summed E-state index contributed by atoms with van der Waals surface area (Å²) in [5, 5.41) is 8.88. The highest BCUT2D eigenvalue weighted by Gasteiger charge is 2.18. The molecular weight excluding hydrogens is 238 g/mol. The van der Waals surface area contributed by atoms with Crippen LogP contribution in [0.5, 0.6) is 5.75 Å². The molecule has 96 valence electrons. The van der Waals surface area contributed by atoms with Crippen LogP contribution in [-0.4, -0.2) is 11.0 Å². The Morgan fingerprint density at radius 1 is 1.32 bits per heavy atom. The maximum atomic E-state index is 8.88. The number of hydrogen-bond donors (Lipinski definition) is 1. The standard InChI is InChI=1S/C15H15N3O/c1-11(17)15(13-5-3-7-18-10-13)19-14-6-2-4-12(8-14)9-16/h2-8,10-11,15H,17H2,1H3. The van der Waals surface area contributed by atoms with E-state index in [0.29, 0.717) is 11.3 Å². The molecule has 2 aromatic rings. The first-order valence-electron chi connectivity index (χ1n) is 6.03. The van der Waals surface area contributed by atoms with Gasteiger partial charge in [0.1, 0.15) is 11.9 Å². The van der Waals surface area contributed by atoms with Crippen molar-refractivity contribution >= 4 is 0 Å². The second-order valence-electron chi connectivity index (χ2n) is 4.32. The quantitative estimate of drug-likeness (QED) is 0.908. The van der Waals surface area contributed by atoms with E-state index in [1.807, 2.05) is 25.1 Å². The maximum Gasteiger partial charge on any atom is 0.140 e. The monoisotopic (exact) mass is 253 g/mol. The zero-order valence-corrected chi connectivity index (χ0v) is 10.7. The van der Waals surface area contributed by atoms with Crippen molar-refractivity contribution in [1.29, 1.82) is 5.26 Å². The number of nitrogens with zero attached hydrogens (tertiary/aromatic N) is 2. The Morgan fingerprint density at radius 3 is 2.79 bits per heavy atom. The molecule has 19 heavy (non-hydrogen) atoms. The predicted octanol–water partition coefficient (Wildman–Crippen LogP) is 2.42. The SMILES string of the molecule is CC(N)C(Oc1cccc(C#N)c1)c1cccnc1. The molecule has 0 bridgehead atoms. The molecule has 2 unspecified atom stereocenters. The van der Waals surface area contributed by atoms with Gasteiger partial charge in [-0.15, -0.1) is 0 Å². The second kappa shape index (κ2) is 5.98. The summed E-state index contributed by atoms with van der Waals surface area (Å²) in [7, 11) is 0. The van der Waals surface area contributed by atoms with Crippen LogP contribution in [-0.2, 0) is 0 Å². The fourth-order valence-corrected chi connectivity index (χ4v) is 1.81. The Kier molecular flexibility index (Phi) is 4.11. The minimum atomic E-state index is -0.289. The summed E-state index contributed by atoms with van der Waals surface area (Å²) in [5.74, 6) is 0.630. The van der Waals surface area contributed by atoms with Crippen molar-refractivity contribution in [3.63, 3.8) is 0 Å². The van der Waals surface area contributed by atoms with Crippen molar-refractivity contribution in [3.05, 3.63) is 59.9 Å². The summed E-state index contributed by atoms with van der Waals surface area (Å²) in [6, 6.07) is 12.7. The van der Waals surface area contributed by atoms with Crippen molar-refractivity contribution in [2.45, 2.75) is 19.1 Å². The van der Waals surface area contributed by atoms with E-state index < -0.39 is 0 Å². The number of benzene rings is 1. The van der Waals surface area contributed by atoms with Crippen molar-refractivity contribution < 1.29 is 4.74 Å². The zero-order chi connectivity index (χ0) is 13.7. The van der Waals surface area contributed by atoms with Crippen LogP contribution in [0.15, 0.2) is 48.8 Å². The Labute approximate surface area is 112 Å². The molecule has 4 nitrogen and oxygen atoms in total. The van der Waals surface area contributed by atoms with Crippen LogP contribution < -0.4 is 10.5 Å². The van der Waals surface area contributed by atoms with Gasteiger partial charge in [0.2, 0.25) is 0 Å². The molecule has 1 heterocycles. The van der Waals surface area contributed by atoms with Gasteiger partial charge in [0.15, 0.2) is 0 Å². The lowest BCUT2D eigenvalue weighted by Gasteiger charge is -2.22. The third-order valence-electron chi connectivity index (χ3n) is 2.72. The molecule has 0 saturated heterocycles. The summed E-state index contributed by atoms with van der Waals surface area (Å²) >= 11 is 0. The van der Waals surface area contributed by atoms with Gasteiger partial charge in [-0.3, -0.25) is 4.98 Å². The fourth-order valence-electron chi connectivity index (χ4n) is 1.81. The summed E-state index contributed by atoms with van der Waals surface area (Å²) in [6.45, 7) is 1.88. The van der Waals surface area contributed by atoms with Crippen LogP contribution in [0.25, 0.3) is 0 Å². The molecule has 0 aliphatic rings. The van der Waals surface area contributed by atoms with E-state index in [1.54, 1.807) is 30.6 Å². The molecule has 1 aromatic heterocycles. The van der Waals surface area contributed by atoms with E-state index in [2.05, 4.69) is 11.1 Å². The topological polar surface area (TPSA) is 71.9 Å². The van der Waals surface area contributed by atoms with Gasteiger partial charge >= 0.3 is 0 Å². The molecule has 0 spiro atoms. The summed E-state index contributed by atoms with van der Waals surface area (Å²) in [4.78, 5) is 4.08. The van der Waals surface area contributed by atoms with Crippen LogP contribution in [0, 0.1) is 11.3 Å². The van der Waals surface area contributed by atoms with Gasteiger partial charge in [0, 0.05) is 24.0 Å². The highest BCUT2D eigenvalue weighted by atomic mass is 16.5. The van der Waals surface area contributed by atoms with E-state index in [-0.39, 0.29) is 12.1 Å². The van der Waals surface area contributed by atoms with Gasteiger partial charge in [-0.25, -0.2) is 0 Å². The molecule has 2 atom stereocenters. The minimum absolute atomic E-state index is 0.185. The highest BCUT2D eigenvalue weighted by Crippen LogP contribution is 2.24. The zero-order valence-electron chi connectivity index (χ0n) is 10.7. The van der Waals surface area contributed by atoms with E-state index >= 15 is 0 Å². The first-order chi connectivity index (χ1) is 9.20.